The minimum absolute atomic E-state index is 0.380. The van der Waals surface area contributed by atoms with E-state index in [1.165, 1.54) is 5.56 Å². The maximum absolute atomic E-state index is 6.12. The van der Waals surface area contributed by atoms with Gasteiger partial charge in [-0.15, -0.1) is 0 Å². The predicted octanol–water partition coefficient (Wildman–Crippen LogP) is 4.80. The van der Waals surface area contributed by atoms with Crippen LogP contribution in [0.3, 0.4) is 0 Å². The van der Waals surface area contributed by atoms with E-state index in [0.29, 0.717) is 12.0 Å². The van der Waals surface area contributed by atoms with Crippen LogP contribution < -0.4 is 5.32 Å². The highest BCUT2D eigenvalue weighted by Crippen LogP contribution is 2.29. The van der Waals surface area contributed by atoms with Gasteiger partial charge in [-0.3, -0.25) is 0 Å². The van der Waals surface area contributed by atoms with E-state index >= 15 is 0 Å². The van der Waals surface area contributed by atoms with Gasteiger partial charge in [0.25, 0.3) is 0 Å². The number of halogens is 2. The van der Waals surface area contributed by atoms with E-state index in [2.05, 4.69) is 48.1 Å². The van der Waals surface area contributed by atoms with E-state index in [9.17, 15) is 0 Å². The van der Waals surface area contributed by atoms with Gasteiger partial charge in [-0.05, 0) is 52.5 Å². The zero-order valence-electron chi connectivity index (χ0n) is 10.1. The Morgan fingerprint density at radius 2 is 2.06 bits per heavy atom. The lowest BCUT2D eigenvalue weighted by molar-refractivity contribution is 0.413. The van der Waals surface area contributed by atoms with Gasteiger partial charge in [0.2, 0.25) is 0 Å². The van der Waals surface area contributed by atoms with Crippen LogP contribution in [-0.2, 0) is 0 Å². The Balaban J connectivity index is 2.88. The standard InChI is InChI=1S/C13H19BrClN/c1-4-7-16-13(9(2)3)10-5-6-11(14)12(15)8-10/h5-6,8-9,13,16H,4,7H2,1-3H3. The summed E-state index contributed by atoms with van der Waals surface area (Å²) < 4.78 is 0.955. The van der Waals surface area contributed by atoms with Crippen molar-refractivity contribution < 1.29 is 0 Å². The Bertz CT molecular complexity index is 339. The molecule has 0 heterocycles. The Morgan fingerprint density at radius 1 is 1.38 bits per heavy atom. The second-order valence-electron chi connectivity index (χ2n) is 4.35. The number of rotatable bonds is 5. The molecule has 0 amide bonds. The number of hydrogen-bond donors (Lipinski definition) is 1. The predicted molar refractivity (Wildman–Crippen MR) is 75.0 cm³/mol. The molecule has 0 fully saturated rings. The van der Waals surface area contributed by atoms with Crippen LogP contribution >= 0.6 is 27.5 Å². The van der Waals surface area contributed by atoms with Gasteiger partial charge in [-0.2, -0.15) is 0 Å². The first-order chi connectivity index (χ1) is 7.56. The van der Waals surface area contributed by atoms with Gasteiger partial charge >= 0.3 is 0 Å². The average molecular weight is 305 g/mol. The molecule has 1 atom stereocenters. The van der Waals surface area contributed by atoms with Crippen LogP contribution in [0, 0.1) is 5.92 Å². The second kappa shape index (κ2) is 6.63. The summed E-state index contributed by atoms with van der Waals surface area (Å²) in [5.74, 6) is 0.559. The van der Waals surface area contributed by atoms with E-state index in [-0.39, 0.29) is 0 Å². The molecule has 1 N–H and O–H groups in total. The molecule has 1 aromatic carbocycles. The number of nitrogens with one attached hydrogen (secondary N) is 1. The smallest absolute Gasteiger partial charge is 0.0551 e. The number of benzene rings is 1. The monoisotopic (exact) mass is 303 g/mol. The van der Waals surface area contributed by atoms with Gasteiger partial charge in [0.1, 0.15) is 0 Å². The van der Waals surface area contributed by atoms with Crippen LogP contribution in [0.4, 0.5) is 0 Å². The maximum atomic E-state index is 6.12. The molecule has 1 nitrogen and oxygen atoms in total. The fraction of sp³-hybridized carbons (Fsp3) is 0.538. The van der Waals surface area contributed by atoms with Crippen LogP contribution in [-0.4, -0.2) is 6.54 Å². The highest BCUT2D eigenvalue weighted by atomic mass is 79.9. The van der Waals surface area contributed by atoms with Crippen LogP contribution in [0.25, 0.3) is 0 Å². The average Bonchev–Trinajstić information content (AvgIpc) is 2.23. The molecule has 0 aliphatic rings. The summed E-state index contributed by atoms with van der Waals surface area (Å²) in [4.78, 5) is 0. The molecule has 1 rings (SSSR count). The summed E-state index contributed by atoms with van der Waals surface area (Å²) >= 11 is 9.54. The van der Waals surface area contributed by atoms with E-state index in [4.69, 9.17) is 11.6 Å². The molecule has 0 spiro atoms. The van der Waals surface area contributed by atoms with Crippen molar-refractivity contribution in [1.82, 2.24) is 5.32 Å². The lowest BCUT2D eigenvalue weighted by Crippen LogP contribution is -2.26. The molecule has 0 aliphatic heterocycles. The molecule has 0 bridgehead atoms. The topological polar surface area (TPSA) is 12.0 Å². The van der Waals surface area contributed by atoms with Gasteiger partial charge in [-0.1, -0.05) is 38.4 Å². The van der Waals surface area contributed by atoms with Crippen LogP contribution in [0.2, 0.25) is 5.02 Å². The van der Waals surface area contributed by atoms with E-state index in [1.807, 2.05) is 12.1 Å². The maximum Gasteiger partial charge on any atom is 0.0551 e. The molecule has 0 aromatic heterocycles. The highest BCUT2D eigenvalue weighted by Gasteiger charge is 2.15. The Labute approximate surface area is 112 Å². The fourth-order valence-corrected chi connectivity index (χ4v) is 2.18. The Kier molecular flexibility index (Phi) is 5.81. The van der Waals surface area contributed by atoms with E-state index in [0.717, 1.165) is 22.5 Å². The van der Waals surface area contributed by atoms with Crippen molar-refractivity contribution in [2.45, 2.75) is 33.2 Å². The molecular formula is C13H19BrClN. The van der Waals surface area contributed by atoms with Crippen molar-refractivity contribution in [1.29, 1.82) is 0 Å². The van der Waals surface area contributed by atoms with Crippen molar-refractivity contribution in [3.05, 3.63) is 33.3 Å². The first-order valence-electron chi connectivity index (χ1n) is 5.74. The van der Waals surface area contributed by atoms with Gasteiger partial charge < -0.3 is 5.32 Å². The Hall–Kier alpha value is -0.0500. The Morgan fingerprint density at radius 3 is 2.56 bits per heavy atom. The third-order valence-electron chi connectivity index (χ3n) is 2.58. The van der Waals surface area contributed by atoms with Crippen molar-refractivity contribution in [2.75, 3.05) is 6.54 Å². The van der Waals surface area contributed by atoms with Crippen molar-refractivity contribution >= 4 is 27.5 Å². The lowest BCUT2D eigenvalue weighted by atomic mass is 9.96. The minimum Gasteiger partial charge on any atom is -0.310 e. The quantitative estimate of drug-likeness (QED) is 0.824. The minimum atomic E-state index is 0.380. The van der Waals surface area contributed by atoms with Crippen LogP contribution in [0.1, 0.15) is 38.8 Å². The molecule has 0 saturated heterocycles. The molecular weight excluding hydrogens is 286 g/mol. The van der Waals surface area contributed by atoms with Crippen molar-refractivity contribution in [3.8, 4) is 0 Å². The summed E-state index contributed by atoms with van der Waals surface area (Å²) in [5, 5.41) is 4.34. The first kappa shape index (κ1) is 14.0. The first-order valence-corrected chi connectivity index (χ1v) is 6.91. The van der Waals surface area contributed by atoms with Crippen LogP contribution in [0.15, 0.2) is 22.7 Å². The molecule has 16 heavy (non-hydrogen) atoms. The summed E-state index contributed by atoms with van der Waals surface area (Å²) in [6.07, 6.45) is 1.15. The van der Waals surface area contributed by atoms with Gasteiger partial charge in [0.15, 0.2) is 0 Å². The molecule has 1 aromatic rings. The normalized spacial score (nSPS) is 13.1. The summed E-state index contributed by atoms with van der Waals surface area (Å²) in [7, 11) is 0. The molecule has 90 valence electrons. The highest BCUT2D eigenvalue weighted by molar-refractivity contribution is 9.10. The lowest BCUT2D eigenvalue weighted by Gasteiger charge is -2.23. The molecule has 3 heteroatoms. The van der Waals surface area contributed by atoms with Gasteiger partial charge in [0.05, 0.1) is 5.02 Å². The van der Waals surface area contributed by atoms with Crippen molar-refractivity contribution in [2.24, 2.45) is 5.92 Å². The zero-order chi connectivity index (χ0) is 12.1. The number of hydrogen-bond acceptors (Lipinski definition) is 1. The third-order valence-corrected chi connectivity index (χ3v) is 3.82. The SMILES string of the molecule is CCCNC(c1ccc(Br)c(Cl)c1)C(C)C. The third kappa shape index (κ3) is 3.76. The van der Waals surface area contributed by atoms with Gasteiger partial charge in [-0.25, -0.2) is 0 Å². The summed E-state index contributed by atoms with van der Waals surface area (Å²) in [6, 6.07) is 6.56. The summed E-state index contributed by atoms with van der Waals surface area (Å²) in [5.41, 5.74) is 1.26. The summed E-state index contributed by atoms with van der Waals surface area (Å²) in [6.45, 7) is 7.67. The van der Waals surface area contributed by atoms with Crippen molar-refractivity contribution in [3.63, 3.8) is 0 Å². The molecule has 0 saturated carbocycles. The van der Waals surface area contributed by atoms with E-state index < -0.39 is 0 Å². The van der Waals surface area contributed by atoms with E-state index in [1.54, 1.807) is 0 Å². The largest absolute Gasteiger partial charge is 0.310 e. The fourth-order valence-electron chi connectivity index (χ4n) is 1.74. The second-order valence-corrected chi connectivity index (χ2v) is 5.61. The molecule has 0 radical (unpaired) electrons. The van der Waals surface area contributed by atoms with Gasteiger partial charge in [0, 0.05) is 10.5 Å². The molecule has 1 unspecified atom stereocenters. The molecule has 0 aliphatic carbocycles. The van der Waals surface area contributed by atoms with Crippen LogP contribution in [0.5, 0.6) is 0 Å². The zero-order valence-corrected chi connectivity index (χ0v) is 12.4.